The van der Waals surface area contributed by atoms with Gasteiger partial charge in [-0.05, 0) is 54.1 Å². The van der Waals surface area contributed by atoms with E-state index < -0.39 is 17.6 Å². The number of anilines is 1. The van der Waals surface area contributed by atoms with Crippen molar-refractivity contribution in [3.05, 3.63) is 83.6 Å². The number of rotatable bonds is 5. The van der Waals surface area contributed by atoms with Crippen LogP contribution in [-0.4, -0.2) is 10.9 Å². The zero-order valence-electron chi connectivity index (χ0n) is 14.9. The number of amides is 1. The summed E-state index contributed by atoms with van der Waals surface area (Å²) in [6, 6.07) is 14.0. The van der Waals surface area contributed by atoms with Gasteiger partial charge in [-0.2, -0.15) is 13.2 Å². The van der Waals surface area contributed by atoms with Crippen molar-refractivity contribution >= 4 is 24.0 Å². The first kappa shape index (κ1) is 22.2. The van der Waals surface area contributed by atoms with Crippen LogP contribution in [0.15, 0.2) is 66.9 Å². The normalized spacial score (nSPS) is 10.8. The number of ether oxygens (including phenoxy) is 1. The van der Waals surface area contributed by atoms with Gasteiger partial charge in [0.15, 0.2) is 0 Å². The van der Waals surface area contributed by atoms with Crippen LogP contribution in [0.5, 0.6) is 11.6 Å². The standard InChI is InChI=1S/C20H16F3N3O2.ClH/c21-20(22,23)15-4-6-16(7-5-15)26-19(27)14-2-1-3-17(11-14)28-18-10-13(12-24)8-9-25-18;/h1-11H,12,24H2,(H,26,27);1H. The van der Waals surface area contributed by atoms with Crippen LogP contribution in [0.4, 0.5) is 18.9 Å². The van der Waals surface area contributed by atoms with E-state index in [1.165, 1.54) is 18.2 Å². The van der Waals surface area contributed by atoms with Crippen LogP contribution in [0.3, 0.4) is 0 Å². The number of aromatic nitrogens is 1. The van der Waals surface area contributed by atoms with E-state index in [0.717, 1.165) is 17.7 Å². The summed E-state index contributed by atoms with van der Waals surface area (Å²) in [6.07, 6.45) is -2.86. The number of alkyl halides is 3. The second-order valence-corrected chi connectivity index (χ2v) is 5.87. The lowest BCUT2D eigenvalue weighted by atomic mass is 10.1. The van der Waals surface area contributed by atoms with Crippen molar-refractivity contribution in [2.45, 2.75) is 12.7 Å². The molecule has 0 aliphatic rings. The van der Waals surface area contributed by atoms with E-state index in [1.54, 1.807) is 36.5 Å². The maximum Gasteiger partial charge on any atom is 0.416 e. The summed E-state index contributed by atoms with van der Waals surface area (Å²) in [6.45, 7) is 0.342. The smallest absolute Gasteiger partial charge is 0.416 e. The molecule has 3 aromatic rings. The predicted molar refractivity (Wildman–Crippen MR) is 105 cm³/mol. The molecule has 3 rings (SSSR count). The maximum atomic E-state index is 12.6. The van der Waals surface area contributed by atoms with Crippen LogP contribution in [0, 0.1) is 0 Å². The van der Waals surface area contributed by atoms with Crippen molar-refractivity contribution in [1.82, 2.24) is 4.98 Å². The highest BCUT2D eigenvalue weighted by molar-refractivity contribution is 6.04. The van der Waals surface area contributed by atoms with E-state index in [0.29, 0.717) is 18.2 Å². The van der Waals surface area contributed by atoms with Gasteiger partial charge in [-0.15, -0.1) is 12.4 Å². The van der Waals surface area contributed by atoms with Gasteiger partial charge in [0.2, 0.25) is 5.88 Å². The van der Waals surface area contributed by atoms with Gasteiger partial charge in [0.25, 0.3) is 5.91 Å². The predicted octanol–water partition coefficient (Wildman–Crippen LogP) is 5.03. The molecule has 2 aromatic carbocycles. The van der Waals surface area contributed by atoms with E-state index in [1.807, 2.05) is 0 Å². The molecule has 9 heteroatoms. The Hall–Kier alpha value is -3.10. The van der Waals surface area contributed by atoms with Crippen LogP contribution in [0.2, 0.25) is 0 Å². The maximum absolute atomic E-state index is 12.6. The van der Waals surface area contributed by atoms with Crippen molar-refractivity contribution in [2.24, 2.45) is 5.73 Å². The number of carbonyl (C=O) groups is 1. The van der Waals surface area contributed by atoms with Crippen molar-refractivity contribution in [3.63, 3.8) is 0 Å². The number of benzene rings is 2. The van der Waals surface area contributed by atoms with E-state index in [-0.39, 0.29) is 23.7 Å². The fraction of sp³-hybridized carbons (Fsp3) is 0.100. The SMILES string of the molecule is Cl.NCc1ccnc(Oc2cccc(C(=O)Nc3ccc(C(F)(F)F)cc3)c2)c1. The summed E-state index contributed by atoms with van der Waals surface area (Å²) in [5.41, 5.74) is 6.18. The number of nitrogens with one attached hydrogen (secondary N) is 1. The minimum absolute atomic E-state index is 0. The minimum Gasteiger partial charge on any atom is -0.439 e. The molecule has 1 heterocycles. The summed E-state index contributed by atoms with van der Waals surface area (Å²) in [5.74, 6) is 0.249. The van der Waals surface area contributed by atoms with Crippen LogP contribution in [0.25, 0.3) is 0 Å². The van der Waals surface area contributed by atoms with Gasteiger partial charge < -0.3 is 15.8 Å². The largest absolute Gasteiger partial charge is 0.439 e. The first-order valence-corrected chi connectivity index (χ1v) is 8.27. The average molecular weight is 424 g/mol. The Morgan fingerprint density at radius 2 is 1.79 bits per heavy atom. The third-order valence-electron chi connectivity index (χ3n) is 3.82. The Labute approximate surface area is 171 Å². The Morgan fingerprint density at radius 3 is 2.45 bits per heavy atom. The molecule has 0 aliphatic carbocycles. The highest BCUT2D eigenvalue weighted by Gasteiger charge is 2.30. The van der Waals surface area contributed by atoms with Crippen molar-refractivity contribution in [1.29, 1.82) is 0 Å². The minimum atomic E-state index is -4.43. The molecule has 29 heavy (non-hydrogen) atoms. The molecular formula is C20H17ClF3N3O2. The summed E-state index contributed by atoms with van der Waals surface area (Å²) in [7, 11) is 0. The Balaban J connectivity index is 0.00000300. The van der Waals surface area contributed by atoms with Gasteiger partial charge in [0.1, 0.15) is 5.75 Å². The Morgan fingerprint density at radius 1 is 1.07 bits per heavy atom. The first-order chi connectivity index (χ1) is 13.3. The van der Waals surface area contributed by atoms with Gasteiger partial charge in [-0.25, -0.2) is 4.98 Å². The molecule has 0 saturated heterocycles. The lowest BCUT2D eigenvalue weighted by Crippen LogP contribution is -2.12. The highest BCUT2D eigenvalue weighted by atomic mass is 35.5. The fourth-order valence-electron chi connectivity index (χ4n) is 2.40. The molecule has 0 saturated carbocycles. The number of hydrogen-bond acceptors (Lipinski definition) is 4. The molecule has 0 fully saturated rings. The van der Waals surface area contributed by atoms with Gasteiger partial charge in [0.05, 0.1) is 5.56 Å². The molecular weight excluding hydrogens is 407 g/mol. The summed E-state index contributed by atoms with van der Waals surface area (Å²) in [5, 5.41) is 2.55. The number of hydrogen-bond donors (Lipinski definition) is 2. The van der Waals surface area contributed by atoms with E-state index >= 15 is 0 Å². The van der Waals surface area contributed by atoms with Crippen LogP contribution in [0.1, 0.15) is 21.5 Å². The Kier molecular flexibility index (Phi) is 7.19. The summed E-state index contributed by atoms with van der Waals surface area (Å²) < 4.78 is 43.5. The molecule has 0 spiro atoms. The number of pyridine rings is 1. The molecule has 152 valence electrons. The lowest BCUT2D eigenvalue weighted by Gasteiger charge is -2.10. The molecule has 0 bridgehead atoms. The van der Waals surface area contributed by atoms with Crippen molar-refractivity contribution in [2.75, 3.05) is 5.32 Å². The molecule has 5 nitrogen and oxygen atoms in total. The topological polar surface area (TPSA) is 77.2 Å². The van der Waals surface area contributed by atoms with Gasteiger partial charge >= 0.3 is 6.18 Å². The zero-order valence-corrected chi connectivity index (χ0v) is 15.8. The van der Waals surface area contributed by atoms with E-state index in [4.69, 9.17) is 10.5 Å². The van der Waals surface area contributed by atoms with Crippen LogP contribution in [-0.2, 0) is 12.7 Å². The lowest BCUT2D eigenvalue weighted by molar-refractivity contribution is -0.137. The fourth-order valence-corrected chi connectivity index (χ4v) is 2.40. The first-order valence-electron chi connectivity index (χ1n) is 8.27. The van der Waals surface area contributed by atoms with Gasteiger partial charge in [-0.1, -0.05) is 6.07 Å². The molecule has 0 radical (unpaired) electrons. The zero-order chi connectivity index (χ0) is 20.1. The third-order valence-corrected chi connectivity index (χ3v) is 3.82. The highest BCUT2D eigenvalue weighted by Crippen LogP contribution is 2.30. The number of nitrogens with two attached hydrogens (primary N) is 1. The second kappa shape index (κ2) is 9.40. The summed E-state index contributed by atoms with van der Waals surface area (Å²) >= 11 is 0. The van der Waals surface area contributed by atoms with Crippen LogP contribution < -0.4 is 15.8 Å². The Bertz CT molecular complexity index is 979. The van der Waals surface area contributed by atoms with Crippen molar-refractivity contribution in [3.8, 4) is 11.6 Å². The van der Waals surface area contributed by atoms with E-state index in [2.05, 4.69) is 10.3 Å². The number of carbonyl (C=O) groups excluding carboxylic acids is 1. The number of halogens is 4. The second-order valence-electron chi connectivity index (χ2n) is 5.87. The molecule has 0 aliphatic heterocycles. The molecule has 1 amide bonds. The van der Waals surface area contributed by atoms with Crippen molar-refractivity contribution < 1.29 is 22.7 Å². The molecule has 1 aromatic heterocycles. The van der Waals surface area contributed by atoms with Crippen LogP contribution >= 0.6 is 12.4 Å². The van der Waals surface area contributed by atoms with Gasteiger partial charge in [0, 0.05) is 30.1 Å². The number of nitrogens with zero attached hydrogens (tertiary/aromatic N) is 1. The summed E-state index contributed by atoms with van der Waals surface area (Å²) in [4.78, 5) is 16.5. The monoisotopic (exact) mass is 423 g/mol. The average Bonchev–Trinajstić information content (AvgIpc) is 2.68. The van der Waals surface area contributed by atoms with Gasteiger partial charge in [-0.3, -0.25) is 4.79 Å². The molecule has 0 unspecified atom stereocenters. The molecule has 3 N–H and O–H groups in total. The molecule has 0 atom stereocenters. The third kappa shape index (κ3) is 5.94. The van der Waals surface area contributed by atoms with E-state index in [9.17, 15) is 18.0 Å². The quantitative estimate of drug-likeness (QED) is 0.603.